The summed E-state index contributed by atoms with van der Waals surface area (Å²) in [4.78, 5) is 4.30. The molecule has 2 fully saturated rings. The largest absolute Gasteiger partial charge is 0.459 e. The number of allylic oxidation sites excluding steroid dienone is 2. The molecule has 1 saturated heterocycles. The molecule has 0 aromatic carbocycles. The zero-order valence-corrected chi connectivity index (χ0v) is 19.6. The van der Waals surface area contributed by atoms with Crippen molar-refractivity contribution in [3.05, 3.63) is 60.2 Å². The number of hydrogen-bond donors (Lipinski definition) is 2. The van der Waals surface area contributed by atoms with Crippen LogP contribution in [0.3, 0.4) is 0 Å². The monoisotopic (exact) mass is 461 g/mol. The second-order valence-corrected chi connectivity index (χ2v) is 9.84. The molecule has 3 aliphatic rings. The summed E-state index contributed by atoms with van der Waals surface area (Å²) in [5.74, 6) is 0.374. The van der Waals surface area contributed by atoms with Gasteiger partial charge in [-0.3, -0.25) is 9.67 Å². The lowest BCUT2D eigenvalue weighted by Gasteiger charge is -2.37. The van der Waals surface area contributed by atoms with Gasteiger partial charge in [-0.1, -0.05) is 18.2 Å². The highest BCUT2D eigenvalue weighted by atomic mass is 16.5. The van der Waals surface area contributed by atoms with Gasteiger partial charge in [0.05, 0.1) is 24.0 Å². The molecule has 3 heterocycles. The van der Waals surface area contributed by atoms with Gasteiger partial charge in [-0.15, -0.1) is 0 Å². The van der Waals surface area contributed by atoms with Crippen LogP contribution in [0.4, 0.5) is 5.69 Å². The van der Waals surface area contributed by atoms with E-state index in [1.54, 1.807) is 26.1 Å². The molecule has 1 aliphatic heterocycles. The number of ether oxygens (including phenoxy) is 2. The van der Waals surface area contributed by atoms with Crippen LogP contribution in [0.15, 0.2) is 48.8 Å². The second kappa shape index (κ2) is 8.90. The van der Waals surface area contributed by atoms with E-state index in [2.05, 4.69) is 16.4 Å². The molecule has 2 aromatic rings. The summed E-state index contributed by atoms with van der Waals surface area (Å²) in [6.07, 6.45) is 15.1. The normalized spacial score (nSPS) is 25.2. The molecule has 2 aromatic heterocycles. The van der Waals surface area contributed by atoms with E-state index in [-0.39, 0.29) is 5.92 Å². The highest BCUT2D eigenvalue weighted by Crippen LogP contribution is 2.42. The second-order valence-electron chi connectivity index (χ2n) is 9.84. The quantitative estimate of drug-likeness (QED) is 0.596. The van der Waals surface area contributed by atoms with Gasteiger partial charge < -0.3 is 19.9 Å². The van der Waals surface area contributed by atoms with E-state index in [4.69, 9.17) is 14.6 Å². The molecule has 8 nitrogen and oxygen atoms in total. The van der Waals surface area contributed by atoms with Crippen LogP contribution in [0.1, 0.15) is 62.9 Å². The molecule has 1 saturated carbocycles. The van der Waals surface area contributed by atoms with E-state index in [0.717, 1.165) is 31.4 Å². The predicted molar refractivity (Wildman–Crippen MR) is 127 cm³/mol. The lowest BCUT2D eigenvalue weighted by Crippen LogP contribution is -2.49. The number of anilines is 1. The number of hydrogen-bond acceptors (Lipinski definition) is 7. The molecule has 2 aliphatic carbocycles. The van der Waals surface area contributed by atoms with Gasteiger partial charge in [-0.25, -0.2) is 0 Å². The van der Waals surface area contributed by atoms with Crippen molar-refractivity contribution in [1.29, 1.82) is 5.26 Å². The molecule has 0 spiro atoms. The standard InChI is InChI=1S/C26H31N5O3/c1-25(2,32)23-15-20(8-12-28-23)29-26(11-4-3-5-19(26)16-27)34-22-17-31(21-6-7-21)30-24(22)18-9-13-33-14-10-18/h3-5,8,11-12,15,17-19,21,32H,6-7,9-10,13-14H2,1-2H3,(H,28,29). The molecule has 0 bridgehead atoms. The third-order valence-electron chi connectivity index (χ3n) is 6.62. The lowest BCUT2D eigenvalue weighted by atomic mass is 9.91. The van der Waals surface area contributed by atoms with Gasteiger partial charge >= 0.3 is 0 Å². The molecule has 34 heavy (non-hydrogen) atoms. The zero-order chi connectivity index (χ0) is 23.8. The smallest absolute Gasteiger partial charge is 0.220 e. The number of nitriles is 1. The number of pyridine rings is 1. The average Bonchev–Trinajstić information content (AvgIpc) is 3.60. The fraction of sp³-hybridized carbons (Fsp3) is 0.500. The number of aromatic nitrogens is 3. The minimum absolute atomic E-state index is 0.257. The van der Waals surface area contributed by atoms with Gasteiger partial charge in [0.1, 0.15) is 17.2 Å². The predicted octanol–water partition coefficient (Wildman–Crippen LogP) is 4.19. The molecular formula is C26H31N5O3. The van der Waals surface area contributed by atoms with E-state index in [1.165, 1.54) is 0 Å². The maximum Gasteiger partial charge on any atom is 0.220 e. The van der Waals surface area contributed by atoms with Crippen LogP contribution >= 0.6 is 0 Å². The molecule has 0 radical (unpaired) electrons. The Morgan fingerprint density at radius 1 is 1.26 bits per heavy atom. The van der Waals surface area contributed by atoms with Crippen LogP contribution in [-0.2, 0) is 10.3 Å². The number of aliphatic hydroxyl groups is 1. The van der Waals surface area contributed by atoms with Gasteiger partial charge in [-0.2, -0.15) is 10.4 Å². The third kappa shape index (κ3) is 4.59. The minimum Gasteiger partial charge on any atom is -0.459 e. The molecule has 0 amide bonds. The Labute approximate surface area is 199 Å². The van der Waals surface area contributed by atoms with Crippen molar-refractivity contribution in [2.45, 2.75) is 62.8 Å². The van der Waals surface area contributed by atoms with Crippen molar-refractivity contribution >= 4 is 5.69 Å². The Kier molecular flexibility index (Phi) is 5.92. The van der Waals surface area contributed by atoms with Crippen molar-refractivity contribution in [3.8, 4) is 11.8 Å². The van der Waals surface area contributed by atoms with Crippen molar-refractivity contribution in [2.24, 2.45) is 5.92 Å². The Balaban J connectivity index is 1.52. The van der Waals surface area contributed by atoms with E-state index in [1.807, 2.05) is 41.2 Å². The average molecular weight is 462 g/mol. The minimum atomic E-state index is -1.14. The number of nitrogens with zero attached hydrogens (tertiary/aromatic N) is 4. The molecule has 2 N–H and O–H groups in total. The maximum atomic E-state index is 10.4. The SMILES string of the molecule is CC(C)(O)c1cc(NC2(Oc3cn(C4CC4)nc3C3CCOCC3)C=CC=CC2C#N)ccn1. The number of rotatable bonds is 7. The van der Waals surface area contributed by atoms with Gasteiger partial charge in [0, 0.05) is 31.0 Å². The first kappa shape index (κ1) is 22.6. The summed E-state index contributed by atoms with van der Waals surface area (Å²) in [7, 11) is 0. The van der Waals surface area contributed by atoms with Crippen LogP contribution in [-0.4, -0.2) is 38.8 Å². The van der Waals surface area contributed by atoms with Gasteiger partial charge in [-0.05, 0) is 57.7 Å². The van der Waals surface area contributed by atoms with E-state index in [9.17, 15) is 10.4 Å². The van der Waals surface area contributed by atoms with Gasteiger partial charge in [0.15, 0.2) is 5.75 Å². The topological polar surface area (TPSA) is 105 Å². The summed E-state index contributed by atoms with van der Waals surface area (Å²) >= 11 is 0. The summed E-state index contributed by atoms with van der Waals surface area (Å²) in [5.41, 5.74) is -0.0676. The first-order chi connectivity index (χ1) is 16.4. The van der Waals surface area contributed by atoms with Crippen LogP contribution in [0.25, 0.3) is 0 Å². The molecule has 5 rings (SSSR count). The number of nitrogens with one attached hydrogen (secondary N) is 1. The van der Waals surface area contributed by atoms with E-state index < -0.39 is 17.2 Å². The summed E-state index contributed by atoms with van der Waals surface area (Å²) in [6.45, 7) is 4.81. The Morgan fingerprint density at radius 3 is 2.76 bits per heavy atom. The third-order valence-corrected chi connectivity index (χ3v) is 6.62. The van der Waals surface area contributed by atoms with Crippen LogP contribution in [0.5, 0.6) is 5.75 Å². The molecule has 2 atom stereocenters. The van der Waals surface area contributed by atoms with Crippen molar-refractivity contribution in [3.63, 3.8) is 0 Å². The van der Waals surface area contributed by atoms with Crippen LogP contribution in [0, 0.1) is 17.2 Å². The zero-order valence-electron chi connectivity index (χ0n) is 19.6. The van der Waals surface area contributed by atoms with Crippen LogP contribution < -0.4 is 10.1 Å². The molecule has 178 valence electrons. The lowest BCUT2D eigenvalue weighted by molar-refractivity contribution is 0.0737. The summed E-state index contributed by atoms with van der Waals surface area (Å²) in [6, 6.07) is 6.41. The van der Waals surface area contributed by atoms with E-state index in [0.29, 0.717) is 36.4 Å². The van der Waals surface area contributed by atoms with Crippen molar-refractivity contribution in [1.82, 2.24) is 14.8 Å². The first-order valence-electron chi connectivity index (χ1n) is 12.0. The molecule has 2 unspecified atom stereocenters. The van der Waals surface area contributed by atoms with Gasteiger partial charge in [0.2, 0.25) is 5.72 Å². The van der Waals surface area contributed by atoms with Gasteiger partial charge in [0.25, 0.3) is 0 Å². The summed E-state index contributed by atoms with van der Waals surface area (Å²) < 4.78 is 14.3. The Bertz CT molecular complexity index is 1130. The fourth-order valence-electron chi connectivity index (χ4n) is 4.50. The summed E-state index contributed by atoms with van der Waals surface area (Å²) in [5, 5.41) is 28.9. The van der Waals surface area contributed by atoms with E-state index >= 15 is 0 Å². The van der Waals surface area contributed by atoms with Crippen molar-refractivity contribution < 1.29 is 14.6 Å². The Hall–Kier alpha value is -3.15. The maximum absolute atomic E-state index is 10.4. The first-order valence-corrected chi connectivity index (χ1v) is 12.0. The van der Waals surface area contributed by atoms with Crippen molar-refractivity contribution in [2.75, 3.05) is 18.5 Å². The highest BCUT2D eigenvalue weighted by molar-refractivity contribution is 5.50. The van der Waals surface area contributed by atoms with Crippen LogP contribution in [0.2, 0.25) is 0 Å². The highest BCUT2D eigenvalue weighted by Gasteiger charge is 2.42. The Morgan fingerprint density at radius 2 is 2.06 bits per heavy atom. The molecule has 8 heteroatoms. The fourth-order valence-corrected chi connectivity index (χ4v) is 4.50. The molecular weight excluding hydrogens is 430 g/mol.